The first-order valence-corrected chi connectivity index (χ1v) is 5.86. The molecule has 1 aromatic heterocycles. The Morgan fingerprint density at radius 2 is 2.27 bits per heavy atom. The van der Waals surface area contributed by atoms with E-state index < -0.39 is 0 Å². The minimum absolute atomic E-state index is 0.631. The molecule has 0 aliphatic rings. The van der Waals surface area contributed by atoms with Gasteiger partial charge in [0, 0.05) is 19.3 Å². The van der Waals surface area contributed by atoms with Gasteiger partial charge < -0.3 is 5.32 Å². The van der Waals surface area contributed by atoms with Crippen molar-refractivity contribution < 1.29 is 0 Å². The van der Waals surface area contributed by atoms with E-state index in [-0.39, 0.29) is 0 Å². The van der Waals surface area contributed by atoms with Crippen LogP contribution in [0.4, 0.5) is 0 Å². The van der Waals surface area contributed by atoms with Gasteiger partial charge in [-0.2, -0.15) is 5.10 Å². The van der Waals surface area contributed by atoms with Gasteiger partial charge in [0.2, 0.25) is 0 Å². The van der Waals surface area contributed by atoms with Gasteiger partial charge in [-0.25, -0.2) is 0 Å². The van der Waals surface area contributed by atoms with Crippen molar-refractivity contribution in [1.29, 1.82) is 0 Å². The summed E-state index contributed by atoms with van der Waals surface area (Å²) in [4.78, 5) is 0. The summed E-state index contributed by atoms with van der Waals surface area (Å²) >= 11 is 0. The minimum atomic E-state index is 0.631. The predicted molar refractivity (Wildman–Crippen MR) is 64.0 cm³/mol. The summed E-state index contributed by atoms with van der Waals surface area (Å²) in [5.41, 5.74) is 2.51. The minimum Gasteiger partial charge on any atom is -0.314 e. The molecule has 0 aliphatic heterocycles. The van der Waals surface area contributed by atoms with Crippen LogP contribution in [0.25, 0.3) is 0 Å². The van der Waals surface area contributed by atoms with Crippen LogP contribution < -0.4 is 5.32 Å². The van der Waals surface area contributed by atoms with Gasteiger partial charge in [0.15, 0.2) is 0 Å². The second-order valence-electron chi connectivity index (χ2n) is 4.31. The average molecular weight is 209 g/mol. The number of rotatable bonds is 6. The zero-order valence-electron chi connectivity index (χ0n) is 10.4. The van der Waals surface area contributed by atoms with Crippen molar-refractivity contribution in [2.45, 2.75) is 46.1 Å². The van der Waals surface area contributed by atoms with Crippen LogP contribution in [0.15, 0.2) is 6.20 Å². The normalized spacial score (nSPS) is 13.1. The Labute approximate surface area is 92.9 Å². The molecule has 1 rings (SSSR count). The molecule has 0 saturated carbocycles. The summed E-state index contributed by atoms with van der Waals surface area (Å²) in [5, 5.41) is 7.87. The maximum absolute atomic E-state index is 4.33. The second-order valence-corrected chi connectivity index (χ2v) is 4.31. The number of nitrogens with zero attached hydrogens (tertiary/aromatic N) is 2. The number of nitrogens with one attached hydrogen (secondary N) is 1. The first-order valence-electron chi connectivity index (χ1n) is 5.86. The van der Waals surface area contributed by atoms with E-state index in [1.165, 1.54) is 18.4 Å². The fourth-order valence-corrected chi connectivity index (χ4v) is 1.88. The zero-order valence-corrected chi connectivity index (χ0v) is 10.4. The molecule has 3 nitrogen and oxygen atoms in total. The summed E-state index contributed by atoms with van der Waals surface area (Å²) in [6.45, 7) is 7.60. The molecular formula is C12H23N3. The van der Waals surface area contributed by atoms with Gasteiger partial charge in [0.05, 0.1) is 5.69 Å². The third-order valence-corrected chi connectivity index (χ3v) is 2.72. The van der Waals surface area contributed by atoms with E-state index in [0.717, 1.165) is 18.7 Å². The van der Waals surface area contributed by atoms with Gasteiger partial charge in [0.1, 0.15) is 0 Å². The van der Waals surface area contributed by atoms with E-state index >= 15 is 0 Å². The topological polar surface area (TPSA) is 29.9 Å². The Morgan fingerprint density at radius 3 is 2.80 bits per heavy atom. The summed E-state index contributed by atoms with van der Waals surface area (Å²) in [5.74, 6) is 0. The molecule has 0 fully saturated rings. The molecule has 1 N–H and O–H groups in total. The van der Waals surface area contributed by atoms with Gasteiger partial charge in [-0.1, -0.05) is 13.3 Å². The monoisotopic (exact) mass is 209 g/mol. The van der Waals surface area contributed by atoms with Crippen molar-refractivity contribution in [2.75, 3.05) is 6.54 Å². The summed E-state index contributed by atoms with van der Waals surface area (Å²) in [7, 11) is 1.98. The third-order valence-electron chi connectivity index (χ3n) is 2.72. The summed E-state index contributed by atoms with van der Waals surface area (Å²) in [6.07, 6.45) is 5.70. The van der Waals surface area contributed by atoms with Gasteiger partial charge >= 0.3 is 0 Å². The summed E-state index contributed by atoms with van der Waals surface area (Å²) < 4.78 is 1.89. The lowest BCUT2D eigenvalue weighted by Crippen LogP contribution is -2.27. The van der Waals surface area contributed by atoms with Gasteiger partial charge in [-0.3, -0.25) is 4.68 Å². The first kappa shape index (κ1) is 12.2. The van der Waals surface area contributed by atoms with E-state index in [1.54, 1.807) is 0 Å². The van der Waals surface area contributed by atoms with Crippen LogP contribution in [0.5, 0.6) is 0 Å². The molecule has 0 bridgehead atoms. The molecule has 0 amide bonds. The van der Waals surface area contributed by atoms with Crippen LogP contribution in [-0.2, 0) is 13.5 Å². The Bertz CT molecular complexity index is 291. The van der Waals surface area contributed by atoms with Crippen LogP contribution >= 0.6 is 0 Å². The van der Waals surface area contributed by atoms with E-state index in [1.807, 2.05) is 11.7 Å². The van der Waals surface area contributed by atoms with Crippen molar-refractivity contribution in [3.63, 3.8) is 0 Å². The molecule has 1 aromatic rings. The van der Waals surface area contributed by atoms with Crippen molar-refractivity contribution in [1.82, 2.24) is 15.1 Å². The highest BCUT2D eigenvalue weighted by Crippen LogP contribution is 2.05. The molecule has 1 atom stereocenters. The molecule has 0 saturated heterocycles. The molecule has 0 radical (unpaired) electrons. The number of aryl methyl sites for hydroxylation is 2. The fourth-order valence-electron chi connectivity index (χ4n) is 1.88. The molecule has 15 heavy (non-hydrogen) atoms. The van der Waals surface area contributed by atoms with Crippen LogP contribution in [0.2, 0.25) is 0 Å². The maximum Gasteiger partial charge on any atom is 0.0626 e. The van der Waals surface area contributed by atoms with E-state index in [0.29, 0.717) is 6.04 Å². The Balaban J connectivity index is 2.28. The highest BCUT2D eigenvalue weighted by molar-refractivity contribution is 5.15. The smallest absolute Gasteiger partial charge is 0.0626 e. The molecule has 0 aliphatic carbocycles. The predicted octanol–water partition coefficient (Wildman–Crippen LogP) is 2.05. The van der Waals surface area contributed by atoms with Crippen molar-refractivity contribution in [3.05, 3.63) is 17.5 Å². The third kappa shape index (κ3) is 4.04. The zero-order chi connectivity index (χ0) is 11.3. The Hall–Kier alpha value is -0.830. The second kappa shape index (κ2) is 5.91. The first-order chi connectivity index (χ1) is 7.13. The Kier molecular flexibility index (Phi) is 4.82. The SMILES string of the molecule is CCCC(C)NCCc1cn(C)nc1C. The van der Waals surface area contributed by atoms with Crippen LogP contribution in [0.3, 0.4) is 0 Å². The lowest BCUT2D eigenvalue weighted by atomic mass is 10.1. The van der Waals surface area contributed by atoms with E-state index in [9.17, 15) is 0 Å². The highest BCUT2D eigenvalue weighted by atomic mass is 15.2. The van der Waals surface area contributed by atoms with Crippen molar-refractivity contribution in [2.24, 2.45) is 7.05 Å². The largest absolute Gasteiger partial charge is 0.314 e. The van der Waals surface area contributed by atoms with Crippen LogP contribution in [0, 0.1) is 6.92 Å². The van der Waals surface area contributed by atoms with Crippen LogP contribution in [-0.4, -0.2) is 22.4 Å². The number of aromatic nitrogens is 2. The lowest BCUT2D eigenvalue weighted by Gasteiger charge is -2.11. The molecule has 1 heterocycles. The standard InChI is InChI=1S/C12H23N3/c1-5-6-10(2)13-8-7-12-9-15(4)14-11(12)3/h9-10,13H,5-8H2,1-4H3. The molecule has 0 spiro atoms. The molecular weight excluding hydrogens is 186 g/mol. The number of hydrogen-bond acceptors (Lipinski definition) is 2. The maximum atomic E-state index is 4.33. The average Bonchev–Trinajstić information content (AvgIpc) is 2.46. The van der Waals surface area contributed by atoms with Gasteiger partial charge in [-0.15, -0.1) is 0 Å². The van der Waals surface area contributed by atoms with Crippen LogP contribution in [0.1, 0.15) is 37.9 Å². The van der Waals surface area contributed by atoms with Gasteiger partial charge in [0.25, 0.3) is 0 Å². The highest BCUT2D eigenvalue weighted by Gasteiger charge is 2.03. The fraction of sp³-hybridized carbons (Fsp3) is 0.750. The molecule has 3 heteroatoms. The molecule has 1 unspecified atom stereocenters. The Morgan fingerprint density at radius 1 is 1.53 bits per heavy atom. The van der Waals surface area contributed by atoms with Crippen molar-refractivity contribution in [3.8, 4) is 0 Å². The van der Waals surface area contributed by atoms with Crippen molar-refractivity contribution >= 4 is 0 Å². The molecule has 86 valence electrons. The molecule has 0 aromatic carbocycles. The quantitative estimate of drug-likeness (QED) is 0.777. The number of hydrogen-bond donors (Lipinski definition) is 1. The lowest BCUT2D eigenvalue weighted by molar-refractivity contribution is 0.512. The van der Waals surface area contributed by atoms with E-state index in [2.05, 4.69) is 37.4 Å². The summed E-state index contributed by atoms with van der Waals surface area (Å²) in [6, 6.07) is 0.631. The van der Waals surface area contributed by atoms with Gasteiger partial charge in [-0.05, 0) is 38.8 Å². The van der Waals surface area contributed by atoms with E-state index in [4.69, 9.17) is 0 Å².